The van der Waals surface area contributed by atoms with Crippen molar-refractivity contribution in [2.24, 2.45) is 0 Å². The van der Waals surface area contributed by atoms with Crippen LogP contribution in [0.2, 0.25) is 5.02 Å². The van der Waals surface area contributed by atoms with E-state index < -0.39 is 0 Å². The van der Waals surface area contributed by atoms with Crippen LogP contribution in [0.15, 0.2) is 24.3 Å². The number of rotatable bonds is 4. The second kappa shape index (κ2) is 6.89. The van der Waals surface area contributed by atoms with Gasteiger partial charge in [-0.05, 0) is 24.6 Å². The number of carbonyl (C=O) groups excluding carboxylic acids is 1. The van der Waals surface area contributed by atoms with Crippen molar-refractivity contribution in [1.82, 2.24) is 10.6 Å². The lowest BCUT2D eigenvalue weighted by Gasteiger charge is -2.24. The summed E-state index contributed by atoms with van der Waals surface area (Å²) in [6.45, 7) is 4.10. The molecule has 1 aliphatic rings. The van der Waals surface area contributed by atoms with Crippen LogP contribution in [0.25, 0.3) is 0 Å². The highest BCUT2D eigenvalue weighted by Crippen LogP contribution is 2.16. The van der Waals surface area contributed by atoms with Gasteiger partial charge in [0.2, 0.25) is 5.91 Å². The van der Waals surface area contributed by atoms with Gasteiger partial charge in [-0.25, -0.2) is 0 Å². The van der Waals surface area contributed by atoms with E-state index in [-0.39, 0.29) is 18.0 Å². The second-order valence-electron chi connectivity index (χ2n) is 4.77. The number of hydrogen-bond donors (Lipinski definition) is 2. The van der Waals surface area contributed by atoms with Gasteiger partial charge in [-0.2, -0.15) is 0 Å². The smallest absolute Gasteiger partial charge is 0.222 e. The number of morpholine rings is 1. The molecule has 19 heavy (non-hydrogen) atoms. The van der Waals surface area contributed by atoms with Gasteiger partial charge in [0.25, 0.3) is 0 Å². The zero-order valence-electron chi connectivity index (χ0n) is 11.0. The van der Waals surface area contributed by atoms with Crippen molar-refractivity contribution in [2.45, 2.75) is 25.4 Å². The molecule has 1 aliphatic heterocycles. The van der Waals surface area contributed by atoms with Crippen LogP contribution in [0, 0.1) is 0 Å². The minimum Gasteiger partial charge on any atom is -0.378 e. The van der Waals surface area contributed by atoms with E-state index in [4.69, 9.17) is 16.3 Å². The molecule has 4 nitrogen and oxygen atoms in total. The van der Waals surface area contributed by atoms with Gasteiger partial charge < -0.3 is 15.4 Å². The quantitative estimate of drug-likeness (QED) is 0.887. The Labute approximate surface area is 118 Å². The van der Waals surface area contributed by atoms with Crippen LogP contribution in [0.1, 0.15) is 24.9 Å². The van der Waals surface area contributed by atoms with Crippen molar-refractivity contribution >= 4 is 17.5 Å². The predicted octanol–water partition coefficient (Wildman–Crippen LogP) is 1.90. The highest BCUT2D eigenvalue weighted by atomic mass is 35.5. The predicted molar refractivity (Wildman–Crippen MR) is 75.2 cm³/mol. The fourth-order valence-electron chi connectivity index (χ4n) is 2.11. The SMILES string of the molecule is C[C@H](NC(=O)CC1COCCN1)c1ccc(Cl)cc1. The van der Waals surface area contributed by atoms with Crippen molar-refractivity contribution in [2.75, 3.05) is 19.8 Å². The third kappa shape index (κ3) is 4.49. The molecule has 1 saturated heterocycles. The van der Waals surface area contributed by atoms with E-state index in [1.165, 1.54) is 0 Å². The van der Waals surface area contributed by atoms with Crippen molar-refractivity contribution in [3.8, 4) is 0 Å². The largest absolute Gasteiger partial charge is 0.378 e. The summed E-state index contributed by atoms with van der Waals surface area (Å²) in [5, 5.41) is 6.95. The van der Waals surface area contributed by atoms with Crippen molar-refractivity contribution in [3.05, 3.63) is 34.9 Å². The molecule has 2 N–H and O–H groups in total. The lowest BCUT2D eigenvalue weighted by Crippen LogP contribution is -2.44. The molecule has 1 heterocycles. The maximum atomic E-state index is 11.9. The summed E-state index contributed by atoms with van der Waals surface area (Å²) in [5.41, 5.74) is 1.05. The molecular formula is C14H19ClN2O2. The number of amides is 1. The Balaban J connectivity index is 1.82. The number of benzene rings is 1. The Bertz CT molecular complexity index is 416. The molecule has 0 bridgehead atoms. The molecule has 104 valence electrons. The van der Waals surface area contributed by atoms with Gasteiger partial charge in [0.05, 0.1) is 19.3 Å². The monoisotopic (exact) mass is 282 g/mol. The maximum absolute atomic E-state index is 11.9. The molecule has 1 fully saturated rings. The van der Waals surface area contributed by atoms with Gasteiger partial charge in [-0.15, -0.1) is 0 Å². The highest BCUT2D eigenvalue weighted by molar-refractivity contribution is 6.30. The number of halogens is 1. The zero-order valence-corrected chi connectivity index (χ0v) is 11.7. The normalized spacial score (nSPS) is 20.8. The average molecular weight is 283 g/mol. The minimum atomic E-state index is -0.0192. The number of carbonyl (C=O) groups is 1. The maximum Gasteiger partial charge on any atom is 0.222 e. The first-order valence-electron chi connectivity index (χ1n) is 6.51. The molecule has 2 rings (SSSR count). The molecule has 1 aromatic carbocycles. The Hall–Kier alpha value is -1.10. The first-order valence-corrected chi connectivity index (χ1v) is 6.89. The highest BCUT2D eigenvalue weighted by Gasteiger charge is 2.18. The average Bonchev–Trinajstić information content (AvgIpc) is 2.40. The fraction of sp³-hybridized carbons (Fsp3) is 0.500. The van der Waals surface area contributed by atoms with Gasteiger partial charge in [0.1, 0.15) is 0 Å². The van der Waals surface area contributed by atoms with Crippen LogP contribution < -0.4 is 10.6 Å². The standard InChI is InChI=1S/C14H19ClN2O2/c1-10(11-2-4-12(15)5-3-11)17-14(18)8-13-9-19-7-6-16-13/h2-5,10,13,16H,6-9H2,1H3,(H,17,18)/t10-,13?/m0/s1. The van der Waals surface area contributed by atoms with Gasteiger partial charge >= 0.3 is 0 Å². The van der Waals surface area contributed by atoms with Crippen molar-refractivity contribution < 1.29 is 9.53 Å². The Kier molecular flexibility index (Phi) is 5.19. The first-order chi connectivity index (χ1) is 9.15. The molecule has 0 radical (unpaired) electrons. The molecule has 0 saturated carbocycles. The summed E-state index contributed by atoms with van der Waals surface area (Å²) in [4.78, 5) is 11.9. The van der Waals surface area contributed by atoms with Crippen LogP contribution in [0.5, 0.6) is 0 Å². The topological polar surface area (TPSA) is 50.4 Å². The zero-order chi connectivity index (χ0) is 13.7. The Morgan fingerprint density at radius 2 is 2.26 bits per heavy atom. The summed E-state index contributed by atoms with van der Waals surface area (Å²) in [6, 6.07) is 7.61. The van der Waals surface area contributed by atoms with Gasteiger partial charge in [0.15, 0.2) is 0 Å². The van der Waals surface area contributed by atoms with E-state index in [0.717, 1.165) is 18.7 Å². The van der Waals surface area contributed by atoms with E-state index in [1.807, 2.05) is 31.2 Å². The number of ether oxygens (including phenoxy) is 1. The molecule has 1 aromatic rings. The van der Waals surface area contributed by atoms with Gasteiger partial charge in [-0.1, -0.05) is 23.7 Å². The fourth-order valence-corrected chi connectivity index (χ4v) is 2.24. The summed E-state index contributed by atoms with van der Waals surface area (Å²) < 4.78 is 5.33. The van der Waals surface area contributed by atoms with Crippen LogP contribution in [-0.2, 0) is 9.53 Å². The molecule has 0 aromatic heterocycles. The molecule has 0 aliphatic carbocycles. The Morgan fingerprint density at radius 1 is 1.53 bits per heavy atom. The summed E-state index contributed by atoms with van der Waals surface area (Å²) in [6.07, 6.45) is 0.442. The van der Waals surface area contributed by atoms with E-state index in [2.05, 4.69) is 10.6 Å². The minimum absolute atomic E-state index is 0.0192. The second-order valence-corrected chi connectivity index (χ2v) is 5.21. The summed E-state index contributed by atoms with van der Waals surface area (Å²) in [5.74, 6) is 0.0328. The van der Waals surface area contributed by atoms with Crippen LogP contribution in [0.4, 0.5) is 0 Å². The lowest BCUT2D eigenvalue weighted by molar-refractivity contribution is -0.122. The number of hydrogen-bond acceptors (Lipinski definition) is 3. The van der Waals surface area contributed by atoms with Crippen LogP contribution in [-0.4, -0.2) is 31.7 Å². The van der Waals surface area contributed by atoms with E-state index in [1.54, 1.807) is 0 Å². The molecule has 1 amide bonds. The van der Waals surface area contributed by atoms with Crippen molar-refractivity contribution in [3.63, 3.8) is 0 Å². The van der Waals surface area contributed by atoms with Crippen LogP contribution in [0.3, 0.4) is 0 Å². The van der Waals surface area contributed by atoms with Gasteiger partial charge in [0, 0.05) is 24.0 Å². The van der Waals surface area contributed by atoms with E-state index in [0.29, 0.717) is 18.1 Å². The van der Waals surface area contributed by atoms with E-state index in [9.17, 15) is 4.79 Å². The molecular weight excluding hydrogens is 264 g/mol. The first kappa shape index (κ1) is 14.3. The summed E-state index contributed by atoms with van der Waals surface area (Å²) in [7, 11) is 0. The third-order valence-corrected chi connectivity index (χ3v) is 3.43. The van der Waals surface area contributed by atoms with Gasteiger partial charge in [-0.3, -0.25) is 4.79 Å². The number of nitrogens with one attached hydrogen (secondary N) is 2. The molecule has 0 spiro atoms. The molecule has 2 atom stereocenters. The molecule has 5 heteroatoms. The third-order valence-electron chi connectivity index (χ3n) is 3.18. The summed E-state index contributed by atoms with van der Waals surface area (Å²) >= 11 is 5.84. The molecule has 1 unspecified atom stereocenters. The van der Waals surface area contributed by atoms with Crippen molar-refractivity contribution in [1.29, 1.82) is 0 Å². The van der Waals surface area contributed by atoms with E-state index >= 15 is 0 Å². The Morgan fingerprint density at radius 3 is 2.89 bits per heavy atom. The lowest BCUT2D eigenvalue weighted by atomic mass is 10.1. The van der Waals surface area contributed by atoms with Crippen LogP contribution >= 0.6 is 11.6 Å².